The predicted molar refractivity (Wildman–Crippen MR) is 96.6 cm³/mol. The van der Waals surface area contributed by atoms with E-state index in [-0.39, 0.29) is 10.6 Å². The molecule has 6 heteroatoms. The molecule has 2 fully saturated rings. The number of nitro benzene ring substituents is 1. The van der Waals surface area contributed by atoms with E-state index in [1.165, 1.54) is 44.2 Å². The van der Waals surface area contributed by atoms with Gasteiger partial charge in [-0.2, -0.15) is 0 Å². The van der Waals surface area contributed by atoms with Gasteiger partial charge in [0.2, 0.25) is 0 Å². The molecule has 0 amide bonds. The lowest BCUT2D eigenvalue weighted by Crippen LogP contribution is -2.35. The number of fused-ring (bicyclic) bond motifs is 1. The Balaban J connectivity index is 1.65. The second kappa shape index (κ2) is 6.43. The van der Waals surface area contributed by atoms with Crippen molar-refractivity contribution in [3.05, 3.63) is 46.1 Å². The van der Waals surface area contributed by atoms with Crippen LogP contribution in [-0.2, 0) is 0 Å². The zero-order chi connectivity index (χ0) is 17.4. The summed E-state index contributed by atoms with van der Waals surface area (Å²) in [5, 5.41) is 10.8. The van der Waals surface area contributed by atoms with Crippen LogP contribution in [0.25, 0.3) is 11.4 Å². The normalized spacial score (nSPS) is 22.7. The molecule has 2 aliphatic rings. The third-order valence-electron chi connectivity index (χ3n) is 5.48. The molecule has 1 saturated heterocycles. The second-order valence-corrected chi connectivity index (χ2v) is 7.09. The van der Waals surface area contributed by atoms with Gasteiger partial charge in [-0.05, 0) is 44.2 Å². The lowest BCUT2D eigenvalue weighted by atomic mass is 9.85. The van der Waals surface area contributed by atoms with Gasteiger partial charge in [0, 0.05) is 42.0 Å². The molecule has 0 N–H and O–H groups in total. The third-order valence-corrected chi connectivity index (χ3v) is 5.48. The van der Waals surface area contributed by atoms with Gasteiger partial charge in [0.15, 0.2) is 5.82 Å². The SMILES string of the molecule is Cc1cc(N2CCC3CCCCC32)nc(-c2ccc([N+](=O)[O-])cc2)n1. The lowest BCUT2D eigenvalue weighted by molar-refractivity contribution is -0.384. The molecule has 0 radical (unpaired) electrons. The molecule has 2 unspecified atom stereocenters. The van der Waals surface area contributed by atoms with Crippen molar-refractivity contribution in [3.8, 4) is 11.4 Å². The maximum Gasteiger partial charge on any atom is 0.269 e. The van der Waals surface area contributed by atoms with Crippen molar-refractivity contribution < 1.29 is 4.92 Å². The van der Waals surface area contributed by atoms with Crippen LogP contribution in [0.5, 0.6) is 0 Å². The van der Waals surface area contributed by atoms with E-state index in [1.807, 2.05) is 6.92 Å². The van der Waals surface area contributed by atoms with E-state index in [2.05, 4.69) is 16.0 Å². The van der Waals surface area contributed by atoms with E-state index >= 15 is 0 Å². The van der Waals surface area contributed by atoms with Gasteiger partial charge in [-0.1, -0.05) is 12.8 Å². The molecule has 1 aromatic heterocycles. The minimum atomic E-state index is -0.389. The highest BCUT2D eigenvalue weighted by atomic mass is 16.6. The van der Waals surface area contributed by atoms with Crippen LogP contribution in [-0.4, -0.2) is 27.5 Å². The van der Waals surface area contributed by atoms with Gasteiger partial charge in [0.25, 0.3) is 5.69 Å². The Hall–Kier alpha value is -2.50. The van der Waals surface area contributed by atoms with Crippen LogP contribution in [0, 0.1) is 23.0 Å². The van der Waals surface area contributed by atoms with Gasteiger partial charge < -0.3 is 4.90 Å². The van der Waals surface area contributed by atoms with E-state index < -0.39 is 0 Å². The van der Waals surface area contributed by atoms with Crippen molar-refractivity contribution in [2.75, 3.05) is 11.4 Å². The summed E-state index contributed by atoms with van der Waals surface area (Å²) >= 11 is 0. The average Bonchev–Trinajstić information content (AvgIpc) is 3.05. The molecule has 130 valence electrons. The Labute approximate surface area is 147 Å². The quantitative estimate of drug-likeness (QED) is 0.621. The number of hydrogen-bond donors (Lipinski definition) is 0. The summed E-state index contributed by atoms with van der Waals surface area (Å²) in [5.41, 5.74) is 1.83. The van der Waals surface area contributed by atoms with Crippen LogP contribution in [0.1, 0.15) is 37.8 Å². The predicted octanol–water partition coefficient (Wildman–Crippen LogP) is 4.13. The van der Waals surface area contributed by atoms with Crippen LogP contribution in [0.3, 0.4) is 0 Å². The van der Waals surface area contributed by atoms with Crippen molar-refractivity contribution in [2.45, 2.75) is 45.1 Å². The average molecular weight is 338 g/mol. The molecule has 0 spiro atoms. The number of aromatic nitrogens is 2. The van der Waals surface area contributed by atoms with Crippen molar-refractivity contribution in [3.63, 3.8) is 0 Å². The van der Waals surface area contributed by atoms with Gasteiger partial charge in [-0.15, -0.1) is 0 Å². The standard InChI is InChI=1S/C19H22N4O2/c1-13-12-18(22-11-10-14-4-2-3-5-17(14)22)21-19(20-13)15-6-8-16(9-7-15)23(24)25/h6-9,12,14,17H,2-5,10-11H2,1H3. The Morgan fingerprint density at radius 1 is 1.12 bits per heavy atom. The van der Waals surface area contributed by atoms with Crippen molar-refractivity contribution in [1.29, 1.82) is 0 Å². The highest BCUT2D eigenvalue weighted by Gasteiger charge is 2.36. The van der Waals surface area contributed by atoms with Gasteiger partial charge in [-0.3, -0.25) is 10.1 Å². The molecule has 2 heterocycles. The fourth-order valence-corrected chi connectivity index (χ4v) is 4.25. The molecule has 25 heavy (non-hydrogen) atoms. The van der Waals surface area contributed by atoms with Gasteiger partial charge in [0.05, 0.1) is 4.92 Å². The van der Waals surface area contributed by atoms with Crippen LogP contribution >= 0.6 is 0 Å². The topological polar surface area (TPSA) is 72.2 Å². The molecule has 6 nitrogen and oxygen atoms in total. The minimum absolute atomic E-state index is 0.0845. The maximum absolute atomic E-state index is 10.8. The number of nitro groups is 1. The molecule has 2 atom stereocenters. The third kappa shape index (κ3) is 3.08. The molecule has 0 bridgehead atoms. The molecule has 1 saturated carbocycles. The summed E-state index contributed by atoms with van der Waals surface area (Å²) in [6, 6.07) is 9.13. The van der Waals surface area contributed by atoms with Crippen molar-refractivity contribution >= 4 is 11.5 Å². The molecule has 1 aliphatic heterocycles. The van der Waals surface area contributed by atoms with Gasteiger partial charge in [-0.25, -0.2) is 9.97 Å². The van der Waals surface area contributed by atoms with Crippen molar-refractivity contribution in [2.24, 2.45) is 5.92 Å². The lowest BCUT2D eigenvalue weighted by Gasteiger charge is -2.32. The molecule has 1 aliphatic carbocycles. The molecular weight excluding hydrogens is 316 g/mol. The summed E-state index contributed by atoms with van der Waals surface area (Å²) in [4.78, 5) is 22.2. The van der Waals surface area contributed by atoms with Crippen LogP contribution < -0.4 is 4.90 Å². The van der Waals surface area contributed by atoms with E-state index in [0.717, 1.165) is 29.5 Å². The van der Waals surface area contributed by atoms with Crippen molar-refractivity contribution in [1.82, 2.24) is 9.97 Å². The summed E-state index contributed by atoms with van der Waals surface area (Å²) in [6.45, 7) is 3.04. The summed E-state index contributed by atoms with van der Waals surface area (Å²) in [6.07, 6.45) is 6.49. The van der Waals surface area contributed by atoms with E-state index in [0.29, 0.717) is 11.9 Å². The maximum atomic E-state index is 10.8. The number of aryl methyl sites for hydroxylation is 1. The zero-order valence-electron chi connectivity index (χ0n) is 14.4. The fourth-order valence-electron chi connectivity index (χ4n) is 4.25. The van der Waals surface area contributed by atoms with Crippen LogP contribution in [0.4, 0.5) is 11.5 Å². The van der Waals surface area contributed by atoms with E-state index in [1.54, 1.807) is 12.1 Å². The molecule has 4 rings (SSSR count). The largest absolute Gasteiger partial charge is 0.353 e. The zero-order valence-corrected chi connectivity index (χ0v) is 14.4. The molecule has 2 aromatic rings. The number of benzene rings is 1. The highest BCUT2D eigenvalue weighted by Crippen LogP contribution is 2.38. The monoisotopic (exact) mass is 338 g/mol. The Morgan fingerprint density at radius 2 is 1.88 bits per heavy atom. The van der Waals surface area contributed by atoms with Gasteiger partial charge >= 0.3 is 0 Å². The Bertz CT molecular complexity index is 791. The van der Waals surface area contributed by atoms with Gasteiger partial charge in [0.1, 0.15) is 5.82 Å². The first-order valence-electron chi connectivity index (χ1n) is 8.99. The number of hydrogen-bond acceptors (Lipinski definition) is 5. The first-order valence-corrected chi connectivity index (χ1v) is 8.99. The molecular formula is C19H22N4O2. The highest BCUT2D eigenvalue weighted by molar-refractivity contribution is 5.60. The minimum Gasteiger partial charge on any atom is -0.353 e. The number of non-ortho nitro benzene ring substituents is 1. The Morgan fingerprint density at radius 3 is 2.64 bits per heavy atom. The van der Waals surface area contributed by atoms with Crippen LogP contribution in [0.15, 0.2) is 30.3 Å². The summed E-state index contributed by atoms with van der Waals surface area (Å²) in [7, 11) is 0. The number of anilines is 1. The number of rotatable bonds is 3. The first-order chi connectivity index (χ1) is 12.1. The molecule has 1 aromatic carbocycles. The van der Waals surface area contributed by atoms with Crippen LogP contribution in [0.2, 0.25) is 0 Å². The first kappa shape index (κ1) is 16.0. The smallest absolute Gasteiger partial charge is 0.269 e. The summed E-state index contributed by atoms with van der Waals surface area (Å²) in [5.74, 6) is 2.44. The second-order valence-electron chi connectivity index (χ2n) is 7.09. The Kier molecular flexibility index (Phi) is 4.11. The number of nitrogens with zero attached hydrogens (tertiary/aromatic N) is 4. The van der Waals surface area contributed by atoms with E-state index in [9.17, 15) is 10.1 Å². The van der Waals surface area contributed by atoms with E-state index in [4.69, 9.17) is 4.98 Å². The fraction of sp³-hybridized carbons (Fsp3) is 0.474. The summed E-state index contributed by atoms with van der Waals surface area (Å²) < 4.78 is 0.